The lowest BCUT2D eigenvalue weighted by molar-refractivity contribution is -0.268. The summed E-state index contributed by atoms with van der Waals surface area (Å²) in [5.74, 6) is 0.0114. The fourth-order valence-corrected chi connectivity index (χ4v) is 4.63. The smallest absolute Gasteiger partial charge is 0.433 e. The van der Waals surface area contributed by atoms with Gasteiger partial charge in [-0.1, -0.05) is 27.7 Å². The Bertz CT molecular complexity index is 634. The number of nitrogens with one attached hydrogen (secondary N) is 1. The minimum atomic E-state index is -1.23. The molecule has 3 fully saturated rings. The van der Waals surface area contributed by atoms with Crippen LogP contribution in [0, 0.1) is 11.8 Å². The molecule has 3 heterocycles. The van der Waals surface area contributed by atoms with Gasteiger partial charge in [-0.3, -0.25) is 14.4 Å². The monoisotopic (exact) mass is 410 g/mol. The van der Waals surface area contributed by atoms with E-state index in [0.717, 1.165) is 31.0 Å². The zero-order valence-electron chi connectivity index (χ0n) is 17.8. The van der Waals surface area contributed by atoms with Gasteiger partial charge in [0.1, 0.15) is 6.04 Å². The highest BCUT2D eigenvalue weighted by Crippen LogP contribution is 2.33. The molecule has 0 spiro atoms. The third-order valence-corrected chi connectivity index (χ3v) is 5.94. The first-order valence-electron chi connectivity index (χ1n) is 10.7. The van der Waals surface area contributed by atoms with Gasteiger partial charge in [-0.15, -0.1) is 0 Å². The first kappa shape index (κ1) is 21.8. The van der Waals surface area contributed by atoms with Crippen LogP contribution in [0.2, 0.25) is 0 Å². The number of nitrogens with zero attached hydrogens (tertiary/aromatic N) is 3. The van der Waals surface area contributed by atoms with Gasteiger partial charge < -0.3 is 20.2 Å². The van der Waals surface area contributed by atoms with Gasteiger partial charge >= 0.3 is 6.09 Å². The molecule has 0 bridgehead atoms. The molecule has 3 atom stereocenters. The SMILES string of the molecule is CC(C)C[C@H]1ON(C(=O)O)C2CN(C3CCNCC3)C(=O)[C@H](CC(C)C)N2C1=O. The molecular formula is C20H34N4O5. The van der Waals surface area contributed by atoms with Crippen molar-refractivity contribution in [3.8, 4) is 0 Å². The molecular weight excluding hydrogens is 376 g/mol. The van der Waals surface area contributed by atoms with E-state index >= 15 is 0 Å². The van der Waals surface area contributed by atoms with Gasteiger partial charge in [0.25, 0.3) is 5.91 Å². The lowest BCUT2D eigenvalue weighted by atomic mass is 9.93. The largest absolute Gasteiger partial charge is 0.463 e. The van der Waals surface area contributed by atoms with Crippen LogP contribution >= 0.6 is 0 Å². The van der Waals surface area contributed by atoms with Crippen molar-refractivity contribution in [2.24, 2.45) is 11.8 Å². The van der Waals surface area contributed by atoms with Crippen LogP contribution in [0.3, 0.4) is 0 Å². The fraction of sp³-hybridized carbons (Fsp3) is 0.850. The van der Waals surface area contributed by atoms with E-state index < -0.39 is 24.4 Å². The minimum absolute atomic E-state index is 0.0553. The average Bonchev–Trinajstić information content (AvgIpc) is 2.65. The van der Waals surface area contributed by atoms with Crippen molar-refractivity contribution in [1.29, 1.82) is 0 Å². The first-order valence-corrected chi connectivity index (χ1v) is 10.7. The maximum atomic E-state index is 13.5. The molecule has 3 saturated heterocycles. The molecule has 164 valence electrons. The standard InChI is InChI=1S/C20H34N4O5/c1-12(2)9-15-18(25)22(14-5-7-21-8-6-14)11-17-23(15)19(26)16(10-13(3)4)29-24(17)20(27)28/h12-17,21H,5-11H2,1-4H3,(H,27,28)/t15-,16+,17?/m0/s1. The molecule has 0 radical (unpaired) electrons. The van der Waals surface area contributed by atoms with Gasteiger partial charge in [0.15, 0.2) is 12.3 Å². The summed E-state index contributed by atoms with van der Waals surface area (Å²) in [4.78, 5) is 47.7. The third-order valence-electron chi connectivity index (χ3n) is 5.94. The Labute approximate surface area is 172 Å². The summed E-state index contributed by atoms with van der Waals surface area (Å²) >= 11 is 0. The van der Waals surface area contributed by atoms with Crippen LogP contribution < -0.4 is 5.32 Å². The topological polar surface area (TPSA) is 102 Å². The Balaban J connectivity index is 1.95. The Morgan fingerprint density at radius 3 is 2.28 bits per heavy atom. The van der Waals surface area contributed by atoms with Crippen LogP contribution in [-0.4, -0.2) is 81.9 Å². The highest BCUT2D eigenvalue weighted by atomic mass is 16.7. The maximum absolute atomic E-state index is 13.5. The number of hydrogen-bond donors (Lipinski definition) is 2. The summed E-state index contributed by atoms with van der Waals surface area (Å²) in [6.07, 6.45) is -0.356. The summed E-state index contributed by atoms with van der Waals surface area (Å²) in [5.41, 5.74) is 0. The summed E-state index contributed by atoms with van der Waals surface area (Å²) < 4.78 is 0. The summed E-state index contributed by atoms with van der Waals surface area (Å²) in [6.45, 7) is 9.75. The van der Waals surface area contributed by atoms with Crippen LogP contribution in [0.15, 0.2) is 0 Å². The molecule has 0 aliphatic carbocycles. The second-order valence-electron chi connectivity index (χ2n) is 9.18. The van der Waals surface area contributed by atoms with E-state index in [1.165, 1.54) is 4.90 Å². The normalized spacial score (nSPS) is 29.0. The number of rotatable bonds is 5. The first-order chi connectivity index (χ1) is 13.7. The molecule has 2 N–H and O–H groups in total. The van der Waals surface area contributed by atoms with Crippen LogP contribution in [0.4, 0.5) is 4.79 Å². The number of hydroxylamine groups is 2. The van der Waals surface area contributed by atoms with Crippen molar-refractivity contribution in [2.45, 2.75) is 77.7 Å². The van der Waals surface area contributed by atoms with Gasteiger partial charge in [0.05, 0.1) is 6.54 Å². The molecule has 9 heteroatoms. The lowest BCUT2D eigenvalue weighted by Crippen LogP contribution is -2.74. The predicted octanol–water partition coefficient (Wildman–Crippen LogP) is 1.49. The average molecular weight is 411 g/mol. The highest BCUT2D eigenvalue weighted by molar-refractivity contribution is 5.92. The quantitative estimate of drug-likeness (QED) is 0.712. The third kappa shape index (κ3) is 4.50. The van der Waals surface area contributed by atoms with E-state index in [-0.39, 0.29) is 36.2 Å². The Kier molecular flexibility index (Phi) is 6.68. The van der Waals surface area contributed by atoms with Gasteiger partial charge in [-0.2, -0.15) is 5.06 Å². The number of amides is 3. The zero-order valence-corrected chi connectivity index (χ0v) is 17.8. The maximum Gasteiger partial charge on any atom is 0.433 e. The molecule has 0 aromatic rings. The molecule has 9 nitrogen and oxygen atoms in total. The van der Waals surface area contributed by atoms with Crippen molar-refractivity contribution in [3.63, 3.8) is 0 Å². The molecule has 0 aromatic carbocycles. The highest BCUT2D eigenvalue weighted by Gasteiger charge is 2.54. The van der Waals surface area contributed by atoms with Crippen molar-refractivity contribution in [3.05, 3.63) is 0 Å². The van der Waals surface area contributed by atoms with E-state index in [2.05, 4.69) is 5.32 Å². The van der Waals surface area contributed by atoms with Crippen LogP contribution in [-0.2, 0) is 14.4 Å². The molecule has 3 aliphatic rings. The molecule has 3 aliphatic heterocycles. The lowest BCUT2D eigenvalue weighted by Gasteiger charge is -2.54. The molecule has 1 unspecified atom stereocenters. The predicted molar refractivity (Wildman–Crippen MR) is 106 cm³/mol. The van der Waals surface area contributed by atoms with Crippen molar-refractivity contribution in [2.75, 3.05) is 19.6 Å². The summed E-state index contributed by atoms with van der Waals surface area (Å²) in [5, 5.41) is 14.0. The second kappa shape index (κ2) is 8.87. The van der Waals surface area contributed by atoms with E-state index in [1.54, 1.807) is 4.90 Å². The fourth-order valence-electron chi connectivity index (χ4n) is 4.63. The number of carbonyl (C=O) groups excluding carboxylic acids is 2. The number of piperazine rings is 1. The number of fused-ring (bicyclic) bond motifs is 1. The van der Waals surface area contributed by atoms with Crippen molar-refractivity contribution >= 4 is 17.9 Å². The van der Waals surface area contributed by atoms with Crippen LogP contribution in [0.25, 0.3) is 0 Å². The van der Waals surface area contributed by atoms with Crippen LogP contribution in [0.1, 0.15) is 53.4 Å². The molecule has 3 amide bonds. The molecule has 0 saturated carbocycles. The van der Waals surface area contributed by atoms with E-state index in [0.29, 0.717) is 12.8 Å². The summed E-state index contributed by atoms with van der Waals surface area (Å²) in [7, 11) is 0. The Morgan fingerprint density at radius 2 is 1.72 bits per heavy atom. The number of carboxylic acid groups (broad SMARTS) is 1. The van der Waals surface area contributed by atoms with E-state index in [9.17, 15) is 19.5 Å². The Morgan fingerprint density at radius 1 is 1.10 bits per heavy atom. The summed E-state index contributed by atoms with van der Waals surface area (Å²) in [6, 6.07) is -0.601. The molecule has 3 rings (SSSR count). The van der Waals surface area contributed by atoms with E-state index in [4.69, 9.17) is 4.84 Å². The number of hydrogen-bond acceptors (Lipinski definition) is 5. The molecule has 0 aromatic heterocycles. The van der Waals surface area contributed by atoms with Gasteiger partial charge in [0.2, 0.25) is 5.91 Å². The van der Waals surface area contributed by atoms with Gasteiger partial charge in [0, 0.05) is 6.04 Å². The van der Waals surface area contributed by atoms with Crippen molar-refractivity contribution < 1.29 is 24.3 Å². The van der Waals surface area contributed by atoms with Crippen molar-refractivity contribution in [1.82, 2.24) is 20.2 Å². The zero-order chi connectivity index (χ0) is 21.3. The Hall–Kier alpha value is -1.87. The minimum Gasteiger partial charge on any atom is -0.463 e. The second-order valence-corrected chi connectivity index (χ2v) is 9.18. The number of piperidine rings is 1. The molecule has 29 heavy (non-hydrogen) atoms. The van der Waals surface area contributed by atoms with Gasteiger partial charge in [-0.25, -0.2) is 4.79 Å². The van der Waals surface area contributed by atoms with E-state index in [1.807, 2.05) is 27.7 Å². The number of carbonyl (C=O) groups is 3. The van der Waals surface area contributed by atoms with Crippen LogP contribution in [0.5, 0.6) is 0 Å². The van der Waals surface area contributed by atoms with Gasteiger partial charge in [-0.05, 0) is 50.6 Å².